The van der Waals surface area contributed by atoms with Gasteiger partial charge in [0.05, 0.1) is 6.61 Å². The van der Waals surface area contributed by atoms with Gasteiger partial charge in [0.2, 0.25) is 0 Å². The van der Waals surface area contributed by atoms with Crippen LogP contribution in [-0.4, -0.2) is 36.9 Å². The van der Waals surface area contributed by atoms with Crippen molar-refractivity contribution in [3.05, 3.63) is 10.4 Å². The fourth-order valence-electron chi connectivity index (χ4n) is 3.37. The van der Waals surface area contributed by atoms with Crippen LogP contribution in [0.3, 0.4) is 0 Å². The van der Waals surface area contributed by atoms with E-state index in [1.54, 1.807) is 0 Å². The molecule has 1 atom stereocenters. The van der Waals surface area contributed by atoms with Crippen molar-refractivity contribution in [3.63, 3.8) is 0 Å². The Morgan fingerprint density at radius 2 is 1.92 bits per heavy atom. The summed E-state index contributed by atoms with van der Waals surface area (Å²) < 4.78 is 10.4. The molecule has 0 heterocycles. The van der Waals surface area contributed by atoms with Gasteiger partial charge in [-0.05, 0) is 76.7 Å². The fraction of sp³-hybridized carbons (Fsp3) is 0.889. The minimum Gasteiger partial charge on any atom is -0.466 e. The van der Waals surface area contributed by atoms with Crippen LogP contribution in [0.15, 0.2) is 5.11 Å². The Morgan fingerprint density at radius 1 is 1.27 bits per heavy atom. The summed E-state index contributed by atoms with van der Waals surface area (Å²) in [5.74, 6) is 0.643. The molecule has 1 aliphatic carbocycles. The molecule has 0 saturated heterocycles. The zero-order valence-electron chi connectivity index (χ0n) is 16.4. The Labute approximate surface area is 155 Å². The van der Waals surface area contributed by atoms with Crippen LogP contribution >= 0.6 is 0 Å². The Kier molecular flexibility index (Phi) is 9.27. The van der Waals surface area contributed by atoms with Crippen LogP contribution in [0.2, 0.25) is 0 Å². The molecule has 26 heavy (non-hydrogen) atoms. The Balaban J connectivity index is 2.52. The van der Waals surface area contributed by atoms with E-state index in [4.69, 9.17) is 15.0 Å². The van der Waals surface area contributed by atoms with Gasteiger partial charge < -0.3 is 14.8 Å². The molecule has 8 nitrogen and oxygen atoms in total. The molecule has 1 amide bonds. The number of rotatable bonds is 8. The molecule has 148 valence electrons. The van der Waals surface area contributed by atoms with E-state index in [1.165, 1.54) is 6.92 Å². The number of carbonyl (C=O) groups excluding carboxylic acids is 2. The molecule has 0 aromatic carbocycles. The van der Waals surface area contributed by atoms with Crippen LogP contribution in [0, 0.1) is 11.8 Å². The average Bonchev–Trinajstić information content (AvgIpc) is 2.53. The van der Waals surface area contributed by atoms with Crippen LogP contribution < -0.4 is 5.32 Å². The van der Waals surface area contributed by atoms with Crippen LogP contribution in [0.1, 0.15) is 66.2 Å². The van der Waals surface area contributed by atoms with Gasteiger partial charge in [0.15, 0.2) is 0 Å². The van der Waals surface area contributed by atoms with E-state index in [0.29, 0.717) is 31.4 Å². The maximum Gasteiger partial charge on any atom is 0.407 e. The van der Waals surface area contributed by atoms with Crippen molar-refractivity contribution < 1.29 is 19.1 Å². The second-order valence-electron chi connectivity index (χ2n) is 7.91. The highest BCUT2D eigenvalue weighted by atomic mass is 16.6. The topological polar surface area (TPSA) is 113 Å². The summed E-state index contributed by atoms with van der Waals surface area (Å²) in [6.07, 6.45) is 5.12. The first-order valence-electron chi connectivity index (χ1n) is 9.35. The standard InChI is InChI=1S/C18H32N4O4/c1-13(23)25-12-10-14-5-7-15(8-6-14)16(9-11-20-22-19)21-17(24)26-18(2,3)4/h14-16H,5-12H2,1-4H3,(H,21,24)/t14-,15-,16?. The molecular formula is C18H32N4O4. The van der Waals surface area contributed by atoms with Crippen molar-refractivity contribution in [2.45, 2.75) is 77.9 Å². The lowest BCUT2D eigenvalue weighted by Gasteiger charge is -2.34. The third-order valence-electron chi connectivity index (χ3n) is 4.60. The first-order chi connectivity index (χ1) is 12.2. The van der Waals surface area contributed by atoms with Crippen molar-refractivity contribution in [1.29, 1.82) is 0 Å². The summed E-state index contributed by atoms with van der Waals surface area (Å²) in [6, 6.07) is -0.0650. The number of hydrogen-bond donors (Lipinski definition) is 1. The highest BCUT2D eigenvalue weighted by Crippen LogP contribution is 2.33. The van der Waals surface area contributed by atoms with E-state index < -0.39 is 11.7 Å². The molecule has 1 aliphatic rings. The number of carbonyl (C=O) groups is 2. The van der Waals surface area contributed by atoms with Crippen molar-refractivity contribution >= 4 is 12.1 Å². The minimum absolute atomic E-state index is 0.0650. The Bertz CT molecular complexity index is 504. The SMILES string of the molecule is CC(=O)OCC[C@H]1CC[C@H](C(CCN=[N+]=[N-])NC(=O)OC(C)(C)C)CC1. The number of hydrogen-bond acceptors (Lipinski definition) is 5. The zero-order valence-corrected chi connectivity index (χ0v) is 16.4. The van der Waals surface area contributed by atoms with Gasteiger partial charge in [0.1, 0.15) is 5.60 Å². The van der Waals surface area contributed by atoms with E-state index >= 15 is 0 Å². The minimum atomic E-state index is -0.548. The Morgan fingerprint density at radius 3 is 2.46 bits per heavy atom. The molecule has 1 rings (SSSR count). The predicted octanol–water partition coefficient (Wildman–Crippen LogP) is 4.34. The number of azide groups is 1. The summed E-state index contributed by atoms with van der Waals surface area (Å²) in [5, 5.41) is 6.56. The van der Waals surface area contributed by atoms with Gasteiger partial charge in [-0.15, -0.1) is 0 Å². The molecule has 1 unspecified atom stereocenters. The van der Waals surface area contributed by atoms with E-state index in [9.17, 15) is 9.59 Å². The number of nitrogens with one attached hydrogen (secondary N) is 1. The number of esters is 1. The lowest BCUT2D eigenvalue weighted by atomic mass is 9.76. The van der Waals surface area contributed by atoms with E-state index in [1.807, 2.05) is 20.8 Å². The number of nitrogens with zero attached hydrogens (tertiary/aromatic N) is 3. The second kappa shape index (κ2) is 10.9. The molecule has 0 aromatic heterocycles. The van der Waals surface area contributed by atoms with E-state index in [2.05, 4.69) is 15.3 Å². The zero-order chi connectivity index (χ0) is 19.6. The largest absolute Gasteiger partial charge is 0.466 e. The van der Waals surface area contributed by atoms with Gasteiger partial charge in [-0.2, -0.15) is 0 Å². The van der Waals surface area contributed by atoms with Gasteiger partial charge in [0, 0.05) is 24.4 Å². The van der Waals surface area contributed by atoms with Crippen LogP contribution in [0.5, 0.6) is 0 Å². The van der Waals surface area contributed by atoms with E-state index in [0.717, 1.165) is 32.1 Å². The number of alkyl carbamates (subject to hydrolysis) is 1. The third kappa shape index (κ3) is 9.51. The van der Waals surface area contributed by atoms with Gasteiger partial charge >= 0.3 is 12.1 Å². The van der Waals surface area contributed by atoms with Gasteiger partial charge in [-0.1, -0.05) is 5.11 Å². The lowest BCUT2D eigenvalue weighted by molar-refractivity contribution is -0.141. The molecule has 0 bridgehead atoms. The monoisotopic (exact) mass is 368 g/mol. The first kappa shape index (κ1) is 22.1. The predicted molar refractivity (Wildman–Crippen MR) is 98.5 cm³/mol. The molecular weight excluding hydrogens is 336 g/mol. The van der Waals surface area contributed by atoms with Crippen LogP contribution in [0.25, 0.3) is 10.4 Å². The first-order valence-corrected chi connectivity index (χ1v) is 9.35. The number of amides is 1. The summed E-state index contributed by atoms with van der Waals surface area (Å²) in [7, 11) is 0. The number of ether oxygens (including phenoxy) is 2. The molecule has 1 saturated carbocycles. The van der Waals surface area contributed by atoms with Crippen LogP contribution in [-0.2, 0) is 14.3 Å². The molecule has 0 spiro atoms. The van der Waals surface area contributed by atoms with Gasteiger partial charge in [-0.3, -0.25) is 4.79 Å². The van der Waals surface area contributed by atoms with E-state index in [-0.39, 0.29) is 12.0 Å². The molecule has 8 heteroatoms. The third-order valence-corrected chi connectivity index (χ3v) is 4.60. The average molecular weight is 368 g/mol. The Hall–Kier alpha value is -1.95. The summed E-state index contributed by atoms with van der Waals surface area (Å²) in [5.41, 5.74) is 7.94. The van der Waals surface area contributed by atoms with Gasteiger partial charge in [-0.25, -0.2) is 4.79 Å². The maximum atomic E-state index is 12.1. The van der Waals surface area contributed by atoms with Crippen molar-refractivity contribution in [2.75, 3.05) is 13.2 Å². The normalized spacial score (nSPS) is 21.2. The highest BCUT2D eigenvalue weighted by Gasteiger charge is 2.29. The molecule has 0 radical (unpaired) electrons. The fourth-order valence-corrected chi connectivity index (χ4v) is 3.37. The summed E-state index contributed by atoms with van der Waals surface area (Å²) in [4.78, 5) is 25.8. The van der Waals surface area contributed by atoms with Crippen molar-refractivity contribution in [1.82, 2.24) is 5.32 Å². The molecule has 0 aliphatic heterocycles. The van der Waals surface area contributed by atoms with Crippen molar-refractivity contribution in [3.8, 4) is 0 Å². The smallest absolute Gasteiger partial charge is 0.407 e. The molecule has 1 N–H and O–H groups in total. The second-order valence-corrected chi connectivity index (χ2v) is 7.91. The maximum absolute atomic E-state index is 12.1. The highest BCUT2D eigenvalue weighted by molar-refractivity contribution is 5.68. The summed E-state index contributed by atoms with van der Waals surface area (Å²) in [6.45, 7) is 7.74. The van der Waals surface area contributed by atoms with Gasteiger partial charge in [0.25, 0.3) is 0 Å². The molecule has 0 aromatic rings. The summed E-state index contributed by atoms with van der Waals surface area (Å²) >= 11 is 0. The van der Waals surface area contributed by atoms with Crippen LogP contribution in [0.4, 0.5) is 4.79 Å². The quantitative estimate of drug-likeness (QED) is 0.297. The molecule has 1 fully saturated rings. The lowest BCUT2D eigenvalue weighted by Crippen LogP contribution is -2.44. The van der Waals surface area contributed by atoms with Crippen molar-refractivity contribution in [2.24, 2.45) is 17.0 Å².